The monoisotopic (exact) mass is 285 g/mol. The van der Waals surface area contributed by atoms with Gasteiger partial charge in [-0.25, -0.2) is 0 Å². The summed E-state index contributed by atoms with van der Waals surface area (Å²) >= 11 is 0. The number of aryl methyl sites for hydroxylation is 2. The lowest BCUT2D eigenvalue weighted by Gasteiger charge is -2.11. The zero-order valence-corrected chi connectivity index (χ0v) is 12.5. The smallest absolute Gasteiger partial charge is 0.231 e. The first kappa shape index (κ1) is 13.6. The molecule has 110 valence electrons. The average Bonchev–Trinajstić information content (AvgIpc) is 2.96. The summed E-state index contributed by atoms with van der Waals surface area (Å²) in [5.41, 5.74) is 4.78. The molecule has 4 heteroatoms. The predicted molar refractivity (Wildman–Crippen MR) is 82.4 cm³/mol. The van der Waals surface area contributed by atoms with Crippen molar-refractivity contribution in [2.24, 2.45) is 0 Å². The second-order valence-corrected chi connectivity index (χ2v) is 5.18. The van der Waals surface area contributed by atoms with E-state index in [9.17, 15) is 0 Å². The number of ether oxygens (including phenoxy) is 3. The van der Waals surface area contributed by atoms with Crippen molar-refractivity contribution in [3.8, 4) is 17.2 Å². The van der Waals surface area contributed by atoms with E-state index in [1.807, 2.05) is 12.1 Å². The van der Waals surface area contributed by atoms with Crippen LogP contribution in [0.5, 0.6) is 17.2 Å². The molecule has 0 bridgehead atoms. The first-order chi connectivity index (χ1) is 10.2. The molecule has 1 N–H and O–H groups in total. The fourth-order valence-corrected chi connectivity index (χ4v) is 2.34. The maximum Gasteiger partial charge on any atom is 0.231 e. The SMILES string of the molecule is COc1cc(CNc2ccc(C)c(C)c2)cc2c1OCO2. The molecule has 0 fully saturated rings. The Kier molecular flexibility index (Phi) is 3.60. The van der Waals surface area contributed by atoms with Crippen molar-refractivity contribution in [3.63, 3.8) is 0 Å². The van der Waals surface area contributed by atoms with E-state index < -0.39 is 0 Å². The molecule has 0 saturated carbocycles. The molecule has 0 spiro atoms. The maximum atomic E-state index is 5.44. The number of methoxy groups -OCH3 is 1. The van der Waals surface area contributed by atoms with Gasteiger partial charge < -0.3 is 19.5 Å². The maximum absolute atomic E-state index is 5.44. The fraction of sp³-hybridized carbons (Fsp3) is 0.294. The molecule has 0 aromatic heterocycles. The van der Waals surface area contributed by atoms with Gasteiger partial charge in [0.15, 0.2) is 11.5 Å². The highest BCUT2D eigenvalue weighted by Gasteiger charge is 2.19. The lowest BCUT2D eigenvalue weighted by Crippen LogP contribution is -2.00. The fourth-order valence-electron chi connectivity index (χ4n) is 2.34. The molecule has 1 heterocycles. The Morgan fingerprint density at radius 2 is 1.95 bits per heavy atom. The van der Waals surface area contributed by atoms with Gasteiger partial charge in [0.2, 0.25) is 12.5 Å². The van der Waals surface area contributed by atoms with Gasteiger partial charge in [0.1, 0.15) is 0 Å². The second-order valence-electron chi connectivity index (χ2n) is 5.18. The van der Waals surface area contributed by atoms with Crippen molar-refractivity contribution in [3.05, 3.63) is 47.0 Å². The molecular formula is C17H19NO3. The minimum absolute atomic E-state index is 0.250. The number of benzene rings is 2. The molecule has 1 aliphatic rings. The molecular weight excluding hydrogens is 266 g/mol. The van der Waals surface area contributed by atoms with Gasteiger partial charge in [-0.3, -0.25) is 0 Å². The zero-order valence-electron chi connectivity index (χ0n) is 12.5. The Balaban J connectivity index is 1.77. The van der Waals surface area contributed by atoms with Gasteiger partial charge in [0, 0.05) is 12.2 Å². The van der Waals surface area contributed by atoms with Crippen LogP contribution in [-0.2, 0) is 6.54 Å². The summed E-state index contributed by atoms with van der Waals surface area (Å²) in [6.45, 7) is 5.18. The normalized spacial score (nSPS) is 12.3. The highest BCUT2D eigenvalue weighted by Crippen LogP contribution is 2.41. The molecule has 0 unspecified atom stereocenters. The Bertz CT molecular complexity index is 667. The number of fused-ring (bicyclic) bond motifs is 1. The lowest BCUT2D eigenvalue weighted by molar-refractivity contribution is 0.171. The van der Waals surface area contributed by atoms with Crippen molar-refractivity contribution in [1.82, 2.24) is 0 Å². The van der Waals surface area contributed by atoms with E-state index in [4.69, 9.17) is 14.2 Å². The van der Waals surface area contributed by atoms with Crippen LogP contribution in [0.15, 0.2) is 30.3 Å². The Labute approximate surface area is 124 Å². The van der Waals surface area contributed by atoms with Gasteiger partial charge in [-0.05, 0) is 54.8 Å². The molecule has 0 saturated heterocycles. The summed E-state index contributed by atoms with van der Waals surface area (Å²) in [6, 6.07) is 10.3. The van der Waals surface area contributed by atoms with Crippen molar-refractivity contribution in [2.45, 2.75) is 20.4 Å². The van der Waals surface area contributed by atoms with Crippen LogP contribution in [0, 0.1) is 13.8 Å². The molecule has 2 aromatic rings. The van der Waals surface area contributed by atoms with Crippen molar-refractivity contribution >= 4 is 5.69 Å². The van der Waals surface area contributed by atoms with E-state index in [-0.39, 0.29) is 6.79 Å². The van der Waals surface area contributed by atoms with Gasteiger partial charge in [0.05, 0.1) is 7.11 Å². The highest BCUT2D eigenvalue weighted by molar-refractivity contribution is 5.56. The molecule has 4 nitrogen and oxygen atoms in total. The molecule has 0 atom stereocenters. The van der Waals surface area contributed by atoms with E-state index in [0.717, 1.165) is 17.0 Å². The summed E-state index contributed by atoms with van der Waals surface area (Å²) in [6.07, 6.45) is 0. The van der Waals surface area contributed by atoms with Crippen LogP contribution < -0.4 is 19.5 Å². The van der Waals surface area contributed by atoms with Crippen LogP contribution in [0.1, 0.15) is 16.7 Å². The lowest BCUT2D eigenvalue weighted by atomic mass is 10.1. The summed E-state index contributed by atoms with van der Waals surface area (Å²) in [5, 5.41) is 3.42. The number of anilines is 1. The molecule has 2 aromatic carbocycles. The topological polar surface area (TPSA) is 39.7 Å². The van der Waals surface area contributed by atoms with Gasteiger partial charge in [-0.2, -0.15) is 0 Å². The summed E-state index contributed by atoms with van der Waals surface area (Å²) in [4.78, 5) is 0. The van der Waals surface area contributed by atoms with Crippen LogP contribution in [0.25, 0.3) is 0 Å². The van der Waals surface area contributed by atoms with Crippen LogP contribution in [-0.4, -0.2) is 13.9 Å². The summed E-state index contributed by atoms with van der Waals surface area (Å²) in [5.74, 6) is 2.14. The molecule has 0 aliphatic carbocycles. The minimum atomic E-state index is 0.250. The van der Waals surface area contributed by atoms with Gasteiger partial charge >= 0.3 is 0 Å². The second kappa shape index (κ2) is 5.56. The summed E-state index contributed by atoms with van der Waals surface area (Å²) < 4.78 is 16.2. The quantitative estimate of drug-likeness (QED) is 0.930. The summed E-state index contributed by atoms with van der Waals surface area (Å²) in [7, 11) is 1.64. The van der Waals surface area contributed by atoms with Crippen LogP contribution in [0.2, 0.25) is 0 Å². The predicted octanol–water partition coefficient (Wildman–Crippen LogP) is 3.65. The van der Waals surface area contributed by atoms with Gasteiger partial charge in [0.25, 0.3) is 0 Å². The standard InChI is InChI=1S/C17H19NO3/c1-11-4-5-14(6-12(11)2)18-9-13-7-15(19-3)17-16(8-13)20-10-21-17/h4-8,18H,9-10H2,1-3H3. The third-order valence-electron chi connectivity index (χ3n) is 3.72. The molecule has 1 aliphatic heterocycles. The van der Waals surface area contributed by atoms with Gasteiger partial charge in [-0.15, -0.1) is 0 Å². The third-order valence-corrected chi connectivity index (χ3v) is 3.72. The van der Waals surface area contributed by atoms with Crippen LogP contribution >= 0.6 is 0 Å². The molecule has 3 rings (SSSR count). The van der Waals surface area contributed by atoms with Crippen molar-refractivity contribution < 1.29 is 14.2 Å². The van der Waals surface area contributed by atoms with E-state index in [0.29, 0.717) is 18.0 Å². The van der Waals surface area contributed by atoms with E-state index in [1.165, 1.54) is 11.1 Å². The Morgan fingerprint density at radius 1 is 1.10 bits per heavy atom. The zero-order chi connectivity index (χ0) is 14.8. The van der Waals surface area contributed by atoms with Gasteiger partial charge in [-0.1, -0.05) is 6.07 Å². The van der Waals surface area contributed by atoms with Crippen molar-refractivity contribution in [1.29, 1.82) is 0 Å². The first-order valence-corrected chi connectivity index (χ1v) is 6.95. The number of rotatable bonds is 4. The Morgan fingerprint density at radius 3 is 2.71 bits per heavy atom. The molecule has 0 amide bonds. The number of hydrogen-bond donors (Lipinski definition) is 1. The first-order valence-electron chi connectivity index (χ1n) is 6.95. The third kappa shape index (κ3) is 2.75. The average molecular weight is 285 g/mol. The van der Waals surface area contributed by atoms with Crippen molar-refractivity contribution in [2.75, 3.05) is 19.2 Å². The highest BCUT2D eigenvalue weighted by atomic mass is 16.7. The minimum Gasteiger partial charge on any atom is -0.493 e. The van der Waals surface area contributed by atoms with E-state index in [2.05, 4.69) is 37.4 Å². The van der Waals surface area contributed by atoms with Crippen LogP contribution in [0.3, 0.4) is 0 Å². The number of nitrogens with one attached hydrogen (secondary N) is 1. The van der Waals surface area contributed by atoms with E-state index >= 15 is 0 Å². The molecule has 0 radical (unpaired) electrons. The Hall–Kier alpha value is -2.36. The van der Waals surface area contributed by atoms with Crippen LogP contribution in [0.4, 0.5) is 5.69 Å². The number of hydrogen-bond acceptors (Lipinski definition) is 4. The molecule has 21 heavy (non-hydrogen) atoms. The van der Waals surface area contributed by atoms with E-state index in [1.54, 1.807) is 7.11 Å². The largest absolute Gasteiger partial charge is 0.493 e.